The molecule has 1 aliphatic heterocycles. The van der Waals surface area contributed by atoms with Crippen LogP contribution in [0.25, 0.3) is 0 Å². The summed E-state index contributed by atoms with van der Waals surface area (Å²) in [6.07, 6.45) is 0. The molecule has 4 rings (SSSR count). The molecule has 3 aromatic rings. The average Bonchev–Trinajstić information content (AvgIpc) is 2.72. The highest BCUT2D eigenvalue weighted by atomic mass is 32.2. The van der Waals surface area contributed by atoms with Crippen molar-refractivity contribution in [3.63, 3.8) is 0 Å². The van der Waals surface area contributed by atoms with Crippen molar-refractivity contribution in [2.75, 3.05) is 11.4 Å². The molecule has 1 N–H and O–H groups in total. The average molecular weight is 373 g/mol. The van der Waals surface area contributed by atoms with Crippen LogP contribution in [-0.2, 0) is 4.79 Å². The van der Waals surface area contributed by atoms with Crippen molar-refractivity contribution < 1.29 is 4.79 Å². The van der Waals surface area contributed by atoms with E-state index in [2.05, 4.69) is 10.5 Å². The Bertz CT molecular complexity index is 956. The van der Waals surface area contributed by atoms with Crippen LogP contribution >= 0.6 is 11.8 Å². The second-order valence-electron chi connectivity index (χ2n) is 6.16. The topological polar surface area (TPSA) is 44.7 Å². The number of rotatable bonds is 4. The van der Waals surface area contributed by atoms with Crippen LogP contribution in [0, 0.1) is 0 Å². The molecule has 0 bridgehead atoms. The van der Waals surface area contributed by atoms with Gasteiger partial charge in [0.25, 0.3) is 5.91 Å². The first-order chi connectivity index (χ1) is 13.2. The lowest BCUT2D eigenvalue weighted by Crippen LogP contribution is -2.35. The molecule has 134 valence electrons. The fourth-order valence-electron chi connectivity index (χ4n) is 3.02. The molecule has 0 saturated carbocycles. The number of benzene rings is 3. The summed E-state index contributed by atoms with van der Waals surface area (Å²) in [6.45, 7) is 2.05. The molecule has 0 spiro atoms. The summed E-state index contributed by atoms with van der Waals surface area (Å²) < 4.78 is 0. The van der Waals surface area contributed by atoms with Gasteiger partial charge in [-0.1, -0.05) is 66.4 Å². The summed E-state index contributed by atoms with van der Waals surface area (Å²) in [5.74, 6) is -0.0418. The Morgan fingerprint density at radius 1 is 0.889 bits per heavy atom. The maximum atomic E-state index is 13.0. The van der Waals surface area contributed by atoms with Gasteiger partial charge >= 0.3 is 0 Å². The van der Waals surface area contributed by atoms with Gasteiger partial charge in [0.15, 0.2) is 0 Å². The molecule has 1 aliphatic rings. The van der Waals surface area contributed by atoms with Crippen molar-refractivity contribution in [2.24, 2.45) is 5.10 Å². The van der Waals surface area contributed by atoms with E-state index in [1.807, 2.05) is 85.8 Å². The molecule has 0 aliphatic carbocycles. The lowest BCUT2D eigenvalue weighted by molar-refractivity contribution is -0.117. The van der Waals surface area contributed by atoms with Crippen LogP contribution in [0.5, 0.6) is 0 Å². The summed E-state index contributed by atoms with van der Waals surface area (Å²) in [6, 6.07) is 25.9. The van der Waals surface area contributed by atoms with Gasteiger partial charge in [-0.25, -0.2) is 0 Å². The number of nitrogens with zero attached hydrogens (tertiary/aromatic N) is 2. The highest BCUT2D eigenvalue weighted by Gasteiger charge is 2.27. The van der Waals surface area contributed by atoms with Crippen molar-refractivity contribution in [3.8, 4) is 0 Å². The number of para-hydroxylation sites is 2. The number of carbonyl (C=O) groups excluding carboxylic acids is 1. The van der Waals surface area contributed by atoms with E-state index < -0.39 is 0 Å². The molecule has 0 aromatic heterocycles. The number of amides is 1. The summed E-state index contributed by atoms with van der Waals surface area (Å²) in [7, 11) is 0. The van der Waals surface area contributed by atoms with Crippen molar-refractivity contribution >= 4 is 34.8 Å². The molecule has 1 heterocycles. The third-order valence-corrected chi connectivity index (χ3v) is 5.48. The van der Waals surface area contributed by atoms with Gasteiger partial charge in [0.2, 0.25) is 0 Å². The van der Waals surface area contributed by atoms with E-state index >= 15 is 0 Å². The number of nitrogens with one attached hydrogen (secondary N) is 1. The van der Waals surface area contributed by atoms with E-state index in [9.17, 15) is 4.79 Å². The highest BCUT2D eigenvalue weighted by Crippen LogP contribution is 2.47. The third kappa shape index (κ3) is 3.59. The second kappa shape index (κ2) is 7.68. The minimum atomic E-state index is -0.0418. The number of hydrogen-bond acceptors (Lipinski definition) is 4. The number of carbonyl (C=O) groups is 1. The molecule has 1 amide bonds. The summed E-state index contributed by atoms with van der Waals surface area (Å²) in [4.78, 5) is 17.0. The smallest absolute Gasteiger partial charge is 0.252 e. The third-order valence-electron chi connectivity index (χ3n) is 4.35. The minimum absolute atomic E-state index is 0.0418. The maximum Gasteiger partial charge on any atom is 0.252 e. The van der Waals surface area contributed by atoms with E-state index in [4.69, 9.17) is 0 Å². The molecule has 0 radical (unpaired) electrons. The van der Waals surface area contributed by atoms with E-state index in [-0.39, 0.29) is 12.5 Å². The molecule has 0 saturated heterocycles. The van der Waals surface area contributed by atoms with Crippen LogP contribution in [0.1, 0.15) is 12.5 Å². The Morgan fingerprint density at radius 2 is 1.44 bits per heavy atom. The van der Waals surface area contributed by atoms with E-state index in [0.29, 0.717) is 0 Å². The lowest BCUT2D eigenvalue weighted by atomic mass is 10.1. The van der Waals surface area contributed by atoms with Gasteiger partial charge in [-0.15, -0.1) is 0 Å². The minimum Gasteiger partial charge on any atom is -0.300 e. The molecule has 0 atom stereocenters. The molecule has 5 heteroatoms. The van der Waals surface area contributed by atoms with Gasteiger partial charge in [-0.05, 0) is 36.8 Å². The number of hydrogen-bond donors (Lipinski definition) is 1. The van der Waals surface area contributed by atoms with Crippen molar-refractivity contribution in [3.05, 3.63) is 84.4 Å². The lowest BCUT2D eigenvalue weighted by Gasteiger charge is -2.30. The summed E-state index contributed by atoms with van der Waals surface area (Å²) >= 11 is 1.69. The van der Waals surface area contributed by atoms with E-state index in [1.54, 1.807) is 16.7 Å². The molecule has 0 unspecified atom stereocenters. The zero-order valence-electron chi connectivity index (χ0n) is 14.9. The normalized spacial score (nSPS) is 12.9. The monoisotopic (exact) mass is 373 g/mol. The predicted molar refractivity (Wildman–Crippen MR) is 111 cm³/mol. The Morgan fingerprint density at radius 3 is 2.07 bits per heavy atom. The predicted octanol–water partition coefficient (Wildman–Crippen LogP) is 4.83. The number of anilines is 2. The zero-order chi connectivity index (χ0) is 18.6. The first kappa shape index (κ1) is 17.4. The van der Waals surface area contributed by atoms with Crippen LogP contribution in [0.3, 0.4) is 0 Å². The highest BCUT2D eigenvalue weighted by molar-refractivity contribution is 7.99. The standard InChI is InChI=1S/C22H19N3OS/c1-16(17-9-3-2-4-10-17)24-23-15-22(26)25-18-11-5-7-13-20(18)27-21-14-8-6-12-19(21)25/h2-14,23H,15H2,1H3/b24-16-. The largest absolute Gasteiger partial charge is 0.300 e. The molecular weight excluding hydrogens is 354 g/mol. The van der Waals surface area contributed by atoms with Crippen molar-refractivity contribution in [1.29, 1.82) is 0 Å². The van der Waals surface area contributed by atoms with Crippen LogP contribution in [0.2, 0.25) is 0 Å². The molecular formula is C22H19N3OS. The van der Waals surface area contributed by atoms with Crippen LogP contribution < -0.4 is 10.3 Å². The van der Waals surface area contributed by atoms with Crippen LogP contribution in [-0.4, -0.2) is 18.2 Å². The summed E-state index contributed by atoms with van der Waals surface area (Å²) in [5.41, 5.74) is 6.64. The first-order valence-electron chi connectivity index (χ1n) is 8.75. The zero-order valence-corrected chi connectivity index (χ0v) is 15.7. The molecule has 4 nitrogen and oxygen atoms in total. The van der Waals surface area contributed by atoms with Gasteiger partial charge < -0.3 is 5.43 Å². The van der Waals surface area contributed by atoms with Crippen molar-refractivity contribution in [1.82, 2.24) is 5.43 Å². The Balaban J connectivity index is 1.55. The van der Waals surface area contributed by atoms with Gasteiger partial charge in [0.1, 0.15) is 6.54 Å². The van der Waals surface area contributed by atoms with Gasteiger partial charge in [-0.3, -0.25) is 9.69 Å². The fraction of sp³-hybridized carbons (Fsp3) is 0.0909. The van der Waals surface area contributed by atoms with E-state index in [0.717, 1.165) is 32.4 Å². The Kier molecular flexibility index (Phi) is 4.94. The number of fused-ring (bicyclic) bond motifs is 2. The Labute approximate surface area is 162 Å². The van der Waals surface area contributed by atoms with Crippen LogP contribution in [0.15, 0.2) is 93.8 Å². The SMILES string of the molecule is C/C(=N/NCC(=O)N1c2ccccc2Sc2ccccc21)c1ccccc1. The molecule has 27 heavy (non-hydrogen) atoms. The Hall–Kier alpha value is -3.05. The first-order valence-corrected chi connectivity index (χ1v) is 9.57. The van der Waals surface area contributed by atoms with Crippen molar-refractivity contribution in [2.45, 2.75) is 16.7 Å². The van der Waals surface area contributed by atoms with Gasteiger partial charge in [0.05, 0.1) is 17.1 Å². The molecule has 0 fully saturated rings. The fourth-order valence-corrected chi connectivity index (χ4v) is 4.08. The van der Waals surface area contributed by atoms with E-state index in [1.165, 1.54) is 0 Å². The molecule has 3 aromatic carbocycles. The van der Waals surface area contributed by atoms with Gasteiger partial charge in [-0.2, -0.15) is 5.10 Å². The van der Waals surface area contributed by atoms with Crippen LogP contribution in [0.4, 0.5) is 11.4 Å². The summed E-state index contributed by atoms with van der Waals surface area (Å²) in [5, 5.41) is 4.36. The quantitative estimate of drug-likeness (QED) is 0.526. The second-order valence-corrected chi connectivity index (χ2v) is 7.25. The number of hydrazone groups is 1. The maximum absolute atomic E-state index is 13.0. The van der Waals surface area contributed by atoms with Gasteiger partial charge in [0, 0.05) is 9.79 Å².